The van der Waals surface area contributed by atoms with E-state index in [1.54, 1.807) is 0 Å². The number of nitrogens with one attached hydrogen (secondary N) is 1. The van der Waals surface area contributed by atoms with Crippen LogP contribution in [-0.4, -0.2) is 14.7 Å². The molecule has 154 valence electrons. The fourth-order valence-electron chi connectivity index (χ4n) is 4.20. The van der Waals surface area contributed by atoms with Gasteiger partial charge < -0.3 is 14.8 Å². The van der Waals surface area contributed by atoms with E-state index in [2.05, 4.69) is 101 Å². The van der Waals surface area contributed by atoms with E-state index in [4.69, 9.17) is 12.2 Å². The van der Waals surface area contributed by atoms with Crippen LogP contribution in [0.2, 0.25) is 0 Å². The third kappa shape index (κ3) is 3.62. The fourth-order valence-corrected chi connectivity index (χ4v) is 4.54. The Labute approximate surface area is 188 Å². The number of aryl methyl sites for hydroxylation is 2. The van der Waals surface area contributed by atoms with Crippen molar-refractivity contribution in [3.05, 3.63) is 114 Å². The molecule has 4 nitrogen and oxygen atoms in total. The van der Waals surface area contributed by atoms with Crippen LogP contribution in [0, 0.1) is 13.8 Å². The number of nitrogens with zero attached hydrogens (tertiary/aromatic N) is 3. The number of aromatic nitrogens is 2. The number of rotatable bonds is 4. The Morgan fingerprint density at radius 3 is 2.42 bits per heavy atom. The molecule has 0 bridgehead atoms. The van der Waals surface area contributed by atoms with E-state index in [1.807, 2.05) is 24.4 Å². The van der Waals surface area contributed by atoms with E-state index in [0.717, 1.165) is 22.2 Å². The molecule has 31 heavy (non-hydrogen) atoms. The quantitative estimate of drug-likeness (QED) is 0.428. The van der Waals surface area contributed by atoms with Crippen molar-refractivity contribution in [2.45, 2.75) is 25.9 Å². The largest absolute Gasteiger partial charge is 0.351 e. The van der Waals surface area contributed by atoms with Crippen molar-refractivity contribution in [3.8, 4) is 5.69 Å². The van der Waals surface area contributed by atoms with E-state index >= 15 is 0 Å². The molecule has 1 aliphatic heterocycles. The van der Waals surface area contributed by atoms with Crippen molar-refractivity contribution in [3.63, 3.8) is 0 Å². The highest BCUT2D eigenvalue weighted by Crippen LogP contribution is 2.42. The van der Waals surface area contributed by atoms with Crippen molar-refractivity contribution < 1.29 is 0 Å². The molecule has 2 atom stereocenters. The standard InChI is InChI=1S/C26H24N4S/c1-18-11-12-22(16-19(18)2)30-25(24(28-26(30)31)23-10-6-7-14-27-23)20-13-15-29(17-20)21-8-4-3-5-9-21/h3-17,24-25H,1-2H3,(H,28,31)/t24-,25-/m1/s1. The first-order chi connectivity index (χ1) is 15.1. The van der Waals surface area contributed by atoms with Crippen LogP contribution in [-0.2, 0) is 0 Å². The van der Waals surface area contributed by atoms with Crippen LogP contribution >= 0.6 is 12.2 Å². The average Bonchev–Trinajstić information content (AvgIpc) is 3.41. The minimum atomic E-state index is -0.0399. The molecule has 0 saturated carbocycles. The number of thiocarbonyl (C=S) groups is 1. The van der Waals surface area contributed by atoms with E-state index in [9.17, 15) is 0 Å². The SMILES string of the molecule is Cc1ccc(N2C(=S)N[C@H](c3ccccn3)[C@H]2c2ccn(-c3ccccc3)c2)cc1C. The van der Waals surface area contributed by atoms with Crippen molar-refractivity contribution >= 4 is 23.0 Å². The Morgan fingerprint density at radius 1 is 0.871 bits per heavy atom. The van der Waals surface area contributed by atoms with E-state index in [-0.39, 0.29) is 12.1 Å². The molecule has 0 spiro atoms. The summed E-state index contributed by atoms with van der Waals surface area (Å²) in [4.78, 5) is 6.87. The van der Waals surface area contributed by atoms with Gasteiger partial charge in [-0.25, -0.2) is 0 Å². The molecule has 0 radical (unpaired) electrons. The minimum Gasteiger partial charge on any atom is -0.351 e. The minimum absolute atomic E-state index is 0.00512. The van der Waals surface area contributed by atoms with Gasteiger partial charge in [-0.05, 0) is 85.2 Å². The molecule has 2 aromatic heterocycles. The van der Waals surface area contributed by atoms with E-state index in [0.29, 0.717) is 0 Å². The Balaban J connectivity index is 1.61. The molecule has 1 aliphatic rings. The molecule has 1 N–H and O–H groups in total. The van der Waals surface area contributed by atoms with Gasteiger partial charge in [-0.2, -0.15) is 0 Å². The molecule has 0 amide bonds. The van der Waals surface area contributed by atoms with Crippen molar-refractivity contribution in [2.75, 3.05) is 4.90 Å². The molecule has 0 aliphatic carbocycles. The number of hydrogen-bond donors (Lipinski definition) is 1. The molecule has 5 heteroatoms. The smallest absolute Gasteiger partial charge is 0.174 e. The van der Waals surface area contributed by atoms with Crippen LogP contribution in [0.1, 0.15) is 34.5 Å². The topological polar surface area (TPSA) is 33.1 Å². The number of benzene rings is 2. The first-order valence-corrected chi connectivity index (χ1v) is 10.8. The van der Waals surface area contributed by atoms with Gasteiger partial charge in [-0.1, -0.05) is 30.3 Å². The zero-order valence-electron chi connectivity index (χ0n) is 17.6. The highest BCUT2D eigenvalue weighted by molar-refractivity contribution is 7.80. The molecule has 2 aromatic carbocycles. The zero-order chi connectivity index (χ0) is 21.4. The Hall–Kier alpha value is -3.44. The normalized spacial score (nSPS) is 18.3. The summed E-state index contributed by atoms with van der Waals surface area (Å²) in [5.74, 6) is 0. The maximum Gasteiger partial charge on any atom is 0.174 e. The Morgan fingerprint density at radius 2 is 1.68 bits per heavy atom. The third-order valence-corrected chi connectivity index (χ3v) is 6.29. The highest BCUT2D eigenvalue weighted by Gasteiger charge is 2.41. The number of pyridine rings is 1. The van der Waals surface area contributed by atoms with Gasteiger partial charge in [0.05, 0.1) is 17.8 Å². The first kappa shape index (κ1) is 19.5. The molecule has 4 aromatic rings. The van der Waals surface area contributed by atoms with Gasteiger partial charge in [0.15, 0.2) is 5.11 Å². The van der Waals surface area contributed by atoms with E-state index < -0.39 is 0 Å². The van der Waals surface area contributed by atoms with Crippen molar-refractivity contribution in [2.24, 2.45) is 0 Å². The van der Waals surface area contributed by atoms with E-state index in [1.165, 1.54) is 16.7 Å². The van der Waals surface area contributed by atoms with Gasteiger partial charge in [0.1, 0.15) is 0 Å². The van der Waals surface area contributed by atoms with Crippen LogP contribution in [0.15, 0.2) is 91.4 Å². The van der Waals surface area contributed by atoms with Crippen molar-refractivity contribution in [1.29, 1.82) is 0 Å². The summed E-state index contributed by atoms with van der Waals surface area (Å²) in [7, 11) is 0. The van der Waals surface area contributed by atoms with Crippen LogP contribution in [0.4, 0.5) is 5.69 Å². The lowest BCUT2D eigenvalue weighted by atomic mass is 9.98. The predicted octanol–water partition coefficient (Wildman–Crippen LogP) is 5.67. The second kappa shape index (κ2) is 8.00. The van der Waals surface area contributed by atoms with Gasteiger partial charge in [0.2, 0.25) is 0 Å². The van der Waals surface area contributed by atoms with Gasteiger partial charge >= 0.3 is 0 Å². The fraction of sp³-hybridized carbons (Fsp3) is 0.154. The van der Waals surface area contributed by atoms with Crippen LogP contribution in [0.25, 0.3) is 5.69 Å². The van der Waals surface area contributed by atoms with Gasteiger partial charge in [-0.3, -0.25) is 4.98 Å². The summed E-state index contributed by atoms with van der Waals surface area (Å²) in [6.45, 7) is 4.27. The lowest BCUT2D eigenvalue weighted by Crippen LogP contribution is -2.29. The summed E-state index contributed by atoms with van der Waals surface area (Å²) in [6, 6.07) is 25.1. The second-order valence-corrected chi connectivity index (χ2v) is 8.34. The number of anilines is 1. The monoisotopic (exact) mass is 424 g/mol. The summed E-state index contributed by atoms with van der Waals surface area (Å²) in [6.07, 6.45) is 6.14. The number of para-hydroxylation sites is 1. The second-order valence-electron chi connectivity index (χ2n) is 7.95. The van der Waals surface area contributed by atoms with Crippen LogP contribution in [0.3, 0.4) is 0 Å². The Bertz CT molecular complexity index is 1220. The zero-order valence-corrected chi connectivity index (χ0v) is 18.4. The first-order valence-electron chi connectivity index (χ1n) is 10.4. The summed E-state index contributed by atoms with van der Waals surface area (Å²) < 4.78 is 2.16. The molecular weight excluding hydrogens is 400 g/mol. The van der Waals surface area contributed by atoms with Gasteiger partial charge in [-0.15, -0.1) is 0 Å². The van der Waals surface area contributed by atoms with Gasteiger partial charge in [0, 0.05) is 30.0 Å². The lowest BCUT2D eigenvalue weighted by molar-refractivity contribution is 0.568. The molecule has 0 unspecified atom stereocenters. The average molecular weight is 425 g/mol. The molecular formula is C26H24N4S. The maximum atomic E-state index is 5.83. The summed E-state index contributed by atoms with van der Waals surface area (Å²) in [5.41, 5.74) is 6.92. The maximum absolute atomic E-state index is 5.83. The number of hydrogen-bond acceptors (Lipinski definition) is 2. The molecule has 1 fully saturated rings. The van der Waals surface area contributed by atoms with Crippen LogP contribution in [0.5, 0.6) is 0 Å². The summed E-state index contributed by atoms with van der Waals surface area (Å²) in [5, 5.41) is 4.25. The van der Waals surface area contributed by atoms with Crippen molar-refractivity contribution in [1.82, 2.24) is 14.9 Å². The molecule has 1 saturated heterocycles. The predicted molar refractivity (Wildman–Crippen MR) is 130 cm³/mol. The molecule has 5 rings (SSSR count). The molecule has 3 heterocycles. The Kier molecular flexibility index (Phi) is 5.04. The van der Waals surface area contributed by atoms with Gasteiger partial charge in [0.25, 0.3) is 0 Å². The summed E-state index contributed by atoms with van der Waals surface area (Å²) >= 11 is 5.83. The third-order valence-electron chi connectivity index (χ3n) is 5.98. The highest BCUT2D eigenvalue weighted by atomic mass is 32.1. The lowest BCUT2D eigenvalue weighted by Gasteiger charge is -2.27. The van der Waals surface area contributed by atoms with Crippen LogP contribution < -0.4 is 10.2 Å².